The normalized spacial score (nSPS) is 12.4. The fourth-order valence-corrected chi connectivity index (χ4v) is 9.89. The highest BCUT2D eigenvalue weighted by Gasteiger charge is 2.40. The Hall–Kier alpha value is -1.07. The summed E-state index contributed by atoms with van der Waals surface area (Å²) in [5, 5.41) is 0. The van der Waals surface area contributed by atoms with Crippen molar-refractivity contribution < 1.29 is 18.6 Å². The summed E-state index contributed by atoms with van der Waals surface area (Å²) in [6, 6.07) is 10.0. The van der Waals surface area contributed by atoms with Gasteiger partial charge in [-0.05, 0) is 46.8 Å². The Morgan fingerprint density at radius 2 is 1.58 bits per heavy atom. The second-order valence-electron chi connectivity index (χ2n) is 7.57. The van der Waals surface area contributed by atoms with Crippen molar-refractivity contribution >= 4 is 33.2 Å². The third kappa shape index (κ3) is 6.58. The smallest absolute Gasteiger partial charge is 0.337 e. The van der Waals surface area contributed by atoms with Crippen LogP contribution in [0.2, 0.25) is 19.6 Å². The zero-order valence-electron chi connectivity index (χ0n) is 17.4. The molecule has 0 saturated heterocycles. The van der Waals surface area contributed by atoms with Gasteiger partial charge >= 0.3 is 5.97 Å². The predicted octanol–water partition coefficient (Wildman–Crippen LogP) is 5.31. The molecule has 0 unspecified atom stereocenters. The maximum absolute atomic E-state index is 12.5. The van der Waals surface area contributed by atoms with Crippen LogP contribution in [0.1, 0.15) is 34.6 Å². The van der Waals surface area contributed by atoms with Gasteiger partial charge in [-0.1, -0.05) is 37.8 Å². The van der Waals surface area contributed by atoms with Crippen LogP contribution in [0.15, 0.2) is 30.3 Å². The average molecular weight is 400 g/mol. The summed E-state index contributed by atoms with van der Waals surface area (Å²) < 4.78 is 20.3. The first kappa shape index (κ1) is 23.0. The summed E-state index contributed by atoms with van der Waals surface area (Å²) in [6.45, 7) is 16.6. The number of anilines is 1. The molecule has 1 aromatic carbocycles. The lowest BCUT2D eigenvalue weighted by Crippen LogP contribution is -2.46. The van der Waals surface area contributed by atoms with Gasteiger partial charge < -0.3 is 18.1 Å². The van der Waals surface area contributed by atoms with Gasteiger partial charge in [0.2, 0.25) is 7.49 Å². The van der Waals surface area contributed by atoms with E-state index in [2.05, 4.69) is 24.0 Å². The summed E-state index contributed by atoms with van der Waals surface area (Å²) in [7, 11) is -4.84. The number of nitrogens with zero attached hydrogens (tertiary/aromatic N) is 1. The van der Waals surface area contributed by atoms with E-state index in [0.717, 1.165) is 5.69 Å². The maximum Gasteiger partial charge on any atom is 0.337 e. The number of esters is 1. The fraction of sp³-hybridized carbons (Fsp3) is 0.579. The lowest BCUT2D eigenvalue weighted by molar-refractivity contribution is -0.134. The van der Waals surface area contributed by atoms with E-state index < -0.39 is 21.7 Å². The van der Waals surface area contributed by atoms with Crippen molar-refractivity contribution in [2.45, 2.75) is 66.5 Å². The Labute approximate surface area is 159 Å². The van der Waals surface area contributed by atoms with Gasteiger partial charge in [0.15, 0.2) is 8.24 Å². The minimum Gasteiger partial charge on any atom is -0.463 e. The molecular formula is C19H34NO4PSi. The number of benzene rings is 1. The molecule has 0 aromatic heterocycles. The lowest BCUT2D eigenvalue weighted by atomic mass is 10.3. The molecular weight excluding hydrogens is 365 g/mol. The van der Waals surface area contributed by atoms with Crippen LogP contribution in [0.25, 0.3) is 0 Å². The van der Waals surface area contributed by atoms with Crippen LogP contribution in [-0.2, 0) is 18.6 Å². The molecule has 0 aliphatic carbocycles. The average Bonchev–Trinajstić information content (AvgIpc) is 2.45. The Kier molecular flexibility index (Phi) is 8.61. The van der Waals surface area contributed by atoms with Gasteiger partial charge in [0.1, 0.15) is 0 Å². The standard InChI is InChI=1S/C19H34NO4PSi/c1-9-22-19(21)15-25(23-16(2)3,24-17(4)5)20(26(6,7)8)18-13-11-10-12-14-18/h10-17H,9H2,1-8H3. The van der Waals surface area contributed by atoms with Crippen LogP contribution >= 0.6 is 7.49 Å². The molecule has 0 N–H and O–H groups in total. The SMILES string of the molecule is CCOC(=O)C=P(OC(C)C)(OC(C)C)N(c1ccccc1)[Si](C)(C)C. The monoisotopic (exact) mass is 399 g/mol. The molecule has 0 heterocycles. The van der Waals surface area contributed by atoms with E-state index in [-0.39, 0.29) is 12.2 Å². The van der Waals surface area contributed by atoms with E-state index in [0.29, 0.717) is 6.61 Å². The molecule has 0 amide bonds. The van der Waals surface area contributed by atoms with Gasteiger partial charge in [0, 0.05) is 5.69 Å². The van der Waals surface area contributed by atoms with Gasteiger partial charge in [0.25, 0.3) is 0 Å². The largest absolute Gasteiger partial charge is 0.463 e. The van der Waals surface area contributed by atoms with Gasteiger partial charge in [-0.25, -0.2) is 4.79 Å². The molecule has 26 heavy (non-hydrogen) atoms. The van der Waals surface area contributed by atoms with Crippen LogP contribution in [0.4, 0.5) is 5.69 Å². The van der Waals surface area contributed by atoms with Crippen molar-refractivity contribution in [1.29, 1.82) is 0 Å². The number of carbonyl (C=O) groups is 1. The summed E-state index contributed by atoms with van der Waals surface area (Å²) in [4.78, 5) is 12.5. The second-order valence-corrected chi connectivity index (χ2v) is 14.9. The summed E-state index contributed by atoms with van der Waals surface area (Å²) >= 11 is 0. The molecule has 0 saturated carbocycles. The van der Waals surface area contributed by atoms with Gasteiger partial charge in [-0.15, -0.1) is 0 Å². The van der Waals surface area contributed by atoms with Gasteiger partial charge in [0.05, 0.1) is 24.6 Å². The van der Waals surface area contributed by atoms with Crippen LogP contribution in [0.5, 0.6) is 0 Å². The third-order valence-corrected chi connectivity index (χ3v) is 10.1. The first-order valence-electron chi connectivity index (χ1n) is 9.15. The number of hydrogen-bond donors (Lipinski definition) is 0. The topological polar surface area (TPSA) is 48.0 Å². The van der Waals surface area contributed by atoms with Crippen molar-refractivity contribution in [1.82, 2.24) is 0 Å². The van der Waals surface area contributed by atoms with E-state index in [1.807, 2.05) is 58.0 Å². The van der Waals surface area contributed by atoms with Gasteiger partial charge in [-0.3, -0.25) is 0 Å². The maximum atomic E-state index is 12.5. The Balaban J connectivity index is 3.72. The summed E-state index contributed by atoms with van der Waals surface area (Å²) in [5.74, 6) is 1.14. The third-order valence-electron chi connectivity index (χ3n) is 3.19. The van der Waals surface area contributed by atoms with Crippen molar-refractivity contribution in [2.24, 2.45) is 0 Å². The van der Waals surface area contributed by atoms with Gasteiger partial charge in [-0.2, -0.15) is 0 Å². The molecule has 0 radical (unpaired) electrons. The summed E-state index contributed by atoms with van der Waals surface area (Å²) in [5.41, 5.74) is 1.00. The molecule has 148 valence electrons. The molecule has 0 atom stereocenters. The molecule has 0 spiro atoms. The molecule has 0 bridgehead atoms. The highest BCUT2D eigenvalue weighted by molar-refractivity contribution is 7.71. The molecule has 0 aliphatic rings. The van der Waals surface area contributed by atoms with E-state index in [1.54, 1.807) is 12.7 Å². The lowest BCUT2D eigenvalue weighted by Gasteiger charge is -2.46. The van der Waals surface area contributed by atoms with E-state index in [1.165, 1.54) is 0 Å². The van der Waals surface area contributed by atoms with Crippen LogP contribution in [0.3, 0.4) is 0 Å². The van der Waals surface area contributed by atoms with Crippen molar-refractivity contribution in [3.8, 4) is 0 Å². The quantitative estimate of drug-likeness (QED) is 0.320. The molecule has 7 heteroatoms. The number of ether oxygens (including phenoxy) is 1. The van der Waals surface area contributed by atoms with Crippen molar-refractivity contribution in [2.75, 3.05) is 10.9 Å². The molecule has 5 nitrogen and oxygen atoms in total. The minimum absolute atomic E-state index is 0.102. The molecule has 0 aliphatic heterocycles. The predicted molar refractivity (Wildman–Crippen MR) is 114 cm³/mol. The molecule has 1 rings (SSSR count). The van der Waals surface area contributed by atoms with E-state index >= 15 is 0 Å². The van der Waals surface area contributed by atoms with Crippen LogP contribution in [0, 0.1) is 0 Å². The van der Waals surface area contributed by atoms with E-state index in [4.69, 9.17) is 13.8 Å². The summed E-state index contributed by atoms with van der Waals surface area (Å²) in [6.07, 6.45) is -0.203. The van der Waals surface area contributed by atoms with Crippen LogP contribution in [-0.4, -0.2) is 38.8 Å². The second kappa shape index (κ2) is 9.74. The number of para-hydroxylation sites is 1. The van der Waals surface area contributed by atoms with Crippen LogP contribution < -0.4 is 4.34 Å². The molecule has 0 fully saturated rings. The number of carbonyl (C=O) groups excluding carboxylic acids is 1. The zero-order chi connectivity index (χ0) is 20.0. The first-order chi connectivity index (χ1) is 12.0. The Morgan fingerprint density at radius 3 is 1.96 bits per heavy atom. The zero-order valence-corrected chi connectivity index (χ0v) is 19.2. The number of hydrogen-bond acceptors (Lipinski definition) is 5. The molecule has 1 aromatic rings. The Morgan fingerprint density at radius 1 is 1.08 bits per heavy atom. The minimum atomic E-state index is -2.85. The fourth-order valence-electron chi connectivity index (χ4n) is 2.69. The highest BCUT2D eigenvalue weighted by atomic mass is 31.2. The number of rotatable bonds is 9. The highest BCUT2D eigenvalue weighted by Crippen LogP contribution is 2.59. The van der Waals surface area contributed by atoms with Crippen molar-refractivity contribution in [3.05, 3.63) is 30.3 Å². The van der Waals surface area contributed by atoms with E-state index in [9.17, 15) is 4.79 Å². The Bertz CT molecular complexity index is 612. The van der Waals surface area contributed by atoms with Crippen molar-refractivity contribution in [3.63, 3.8) is 0 Å². The first-order valence-corrected chi connectivity index (χ1v) is 14.2.